The first-order valence-electron chi connectivity index (χ1n) is 6.28. The van der Waals surface area contributed by atoms with Crippen molar-refractivity contribution in [2.45, 2.75) is 11.8 Å². The number of rotatable bonds is 5. The number of thioether (sulfide) groups is 1. The van der Waals surface area contributed by atoms with Crippen LogP contribution in [-0.2, 0) is 4.74 Å². The molecule has 2 rings (SSSR count). The van der Waals surface area contributed by atoms with Gasteiger partial charge in [0.2, 0.25) is 5.88 Å². The summed E-state index contributed by atoms with van der Waals surface area (Å²) in [7, 11) is 0. The number of esters is 1. The Morgan fingerprint density at radius 3 is 2.67 bits per heavy atom. The number of carbonyl (C=O) groups excluding carboxylic acids is 1. The first kappa shape index (κ1) is 15.3. The molecular formula is C15H14FNO3S. The number of hydrogen-bond acceptors (Lipinski definition) is 5. The number of benzene rings is 1. The number of pyridine rings is 1. The average molecular weight is 307 g/mol. The fourth-order valence-electron chi connectivity index (χ4n) is 1.62. The van der Waals surface area contributed by atoms with E-state index in [2.05, 4.69) is 4.98 Å². The number of carbonyl (C=O) groups is 1. The minimum absolute atomic E-state index is 0.0201. The van der Waals surface area contributed by atoms with Gasteiger partial charge in [-0.05, 0) is 43.5 Å². The van der Waals surface area contributed by atoms with E-state index in [0.29, 0.717) is 5.75 Å². The molecule has 21 heavy (non-hydrogen) atoms. The topological polar surface area (TPSA) is 48.4 Å². The molecule has 0 amide bonds. The maximum atomic E-state index is 13.3. The van der Waals surface area contributed by atoms with Crippen molar-refractivity contribution in [1.29, 1.82) is 0 Å². The lowest BCUT2D eigenvalue weighted by Gasteiger charge is -2.09. The van der Waals surface area contributed by atoms with Crippen molar-refractivity contribution in [3.05, 3.63) is 47.9 Å². The SMILES string of the molecule is CCOC(=O)c1cc(F)cnc1Oc1ccc(SC)cc1. The maximum absolute atomic E-state index is 13.3. The summed E-state index contributed by atoms with van der Waals surface area (Å²) in [6, 6.07) is 8.33. The molecule has 6 heteroatoms. The molecule has 1 aromatic carbocycles. The number of halogens is 1. The Bertz CT molecular complexity index is 631. The van der Waals surface area contributed by atoms with E-state index in [1.165, 1.54) is 0 Å². The van der Waals surface area contributed by atoms with Crippen molar-refractivity contribution >= 4 is 17.7 Å². The van der Waals surface area contributed by atoms with Gasteiger partial charge in [0.15, 0.2) is 0 Å². The lowest BCUT2D eigenvalue weighted by atomic mass is 10.2. The van der Waals surface area contributed by atoms with Crippen LogP contribution in [0.2, 0.25) is 0 Å². The summed E-state index contributed by atoms with van der Waals surface area (Å²) in [5.41, 5.74) is -0.0363. The van der Waals surface area contributed by atoms with Crippen LogP contribution in [0.25, 0.3) is 0 Å². The molecular weight excluding hydrogens is 293 g/mol. The number of aromatic nitrogens is 1. The van der Waals surface area contributed by atoms with Gasteiger partial charge in [-0.3, -0.25) is 0 Å². The first-order valence-corrected chi connectivity index (χ1v) is 7.51. The van der Waals surface area contributed by atoms with Gasteiger partial charge in [0.1, 0.15) is 17.1 Å². The monoisotopic (exact) mass is 307 g/mol. The molecule has 1 aromatic heterocycles. The van der Waals surface area contributed by atoms with E-state index in [9.17, 15) is 9.18 Å². The van der Waals surface area contributed by atoms with E-state index in [-0.39, 0.29) is 18.1 Å². The minimum atomic E-state index is -0.666. The van der Waals surface area contributed by atoms with Gasteiger partial charge in [-0.2, -0.15) is 0 Å². The van der Waals surface area contributed by atoms with Gasteiger partial charge in [-0.15, -0.1) is 11.8 Å². The van der Waals surface area contributed by atoms with Crippen molar-refractivity contribution in [2.75, 3.05) is 12.9 Å². The molecule has 0 aliphatic carbocycles. The quantitative estimate of drug-likeness (QED) is 0.619. The smallest absolute Gasteiger partial charge is 0.343 e. The second-order valence-electron chi connectivity index (χ2n) is 4.00. The third-order valence-electron chi connectivity index (χ3n) is 2.59. The zero-order chi connectivity index (χ0) is 15.2. The van der Waals surface area contributed by atoms with Crippen molar-refractivity contribution in [2.24, 2.45) is 0 Å². The molecule has 1 heterocycles. The third kappa shape index (κ3) is 3.95. The fourth-order valence-corrected chi connectivity index (χ4v) is 2.03. The van der Waals surface area contributed by atoms with E-state index in [1.54, 1.807) is 30.8 Å². The third-order valence-corrected chi connectivity index (χ3v) is 3.33. The van der Waals surface area contributed by atoms with Crippen LogP contribution in [0.4, 0.5) is 4.39 Å². The Morgan fingerprint density at radius 2 is 2.05 bits per heavy atom. The molecule has 0 bridgehead atoms. The molecule has 110 valence electrons. The molecule has 0 unspecified atom stereocenters. The van der Waals surface area contributed by atoms with E-state index < -0.39 is 11.8 Å². The minimum Gasteiger partial charge on any atom is -0.462 e. The van der Waals surface area contributed by atoms with Gasteiger partial charge in [0.05, 0.1) is 12.8 Å². The molecule has 0 N–H and O–H groups in total. The van der Waals surface area contributed by atoms with Crippen LogP contribution in [0.15, 0.2) is 41.4 Å². The van der Waals surface area contributed by atoms with Crippen LogP contribution >= 0.6 is 11.8 Å². The highest BCUT2D eigenvalue weighted by Gasteiger charge is 2.17. The second kappa shape index (κ2) is 7.08. The Morgan fingerprint density at radius 1 is 1.33 bits per heavy atom. The molecule has 0 spiro atoms. The molecule has 0 fully saturated rings. The van der Waals surface area contributed by atoms with Gasteiger partial charge >= 0.3 is 5.97 Å². The highest BCUT2D eigenvalue weighted by Crippen LogP contribution is 2.26. The summed E-state index contributed by atoms with van der Waals surface area (Å²) >= 11 is 1.61. The van der Waals surface area contributed by atoms with E-state index in [4.69, 9.17) is 9.47 Å². The summed E-state index contributed by atoms with van der Waals surface area (Å²) in [5.74, 6) is -0.757. The normalized spacial score (nSPS) is 10.2. The van der Waals surface area contributed by atoms with Crippen LogP contribution in [0.1, 0.15) is 17.3 Å². The molecule has 0 saturated carbocycles. The number of ether oxygens (including phenoxy) is 2. The molecule has 0 aliphatic heterocycles. The zero-order valence-electron chi connectivity index (χ0n) is 11.6. The lowest BCUT2D eigenvalue weighted by molar-refractivity contribution is 0.0522. The van der Waals surface area contributed by atoms with Gasteiger partial charge in [0.25, 0.3) is 0 Å². The summed E-state index contributed by atoms with van der Waals surface area (Å²) in [6.07, 6.45) is 2.96. The molecule has 0 saturated heterocycles. The first-order chi connectivity index (χ1) is 10.1. The molecule has 0 atom stereocenters. The zero-order valence-corrected chi connectivity index (χ0v) is 12.4. The van der Waals surface area contributed by atoms with Gasteiger partial charge in [-0.1, -0.05) is 0 Å². The predicted octanol–water partition coefficient (Wildman–Crippen LogP) is 3.91. The van der Waals surface area contributed by atoms with Gasteiger partial charge < -0.3 is 9.47 Å². The van der Waals surface area contributed by atoms with Crippen LogP contribution in [0, 0.1) is 5.82 Å². The number of nitrogens with zero attached hydrogens (tertiary/aromatic N) is 1. The van der Waals surface area contributed by atoms with E-state index in [1.807, 2.05) is 18.4 Å². The van der Waals surface area contributed by atoms with Crippen molar-refractivity contribution < 1.29 is 18.7 Å². The molecule has 0 aliphatic rings. The highest BCUT2D eigenvalue weighted by molar-refractivity contribution is 7.98. The highest BCUT2D eigenvalue weighted by atomic mass is 32.2. The summed E-state index contributed by atoms with van der Waals surface area (Å²) < 4.78 is 23.7. The lowest BCUT2D eigenvalue weighted by Crippen LogP contribution is -2.08. The van der Waals surface area contributed by atoms with Gasteiger partial charge in [0, 0.05) is 4.90 Å². The van der Waals surface area contributed by atoms with Crippen LogP contribution in [-0.4, -0.2) is 23.8 Å². The summed E-state index contributed by atoms with van der Waals surface area (Å²) in [5, 5.41) is 0. The van der Waals surface area contributed by atoms with Crippen LogP contribution in [0.3, 0.4) is 0 Å². The summed E-state index contributed by atoms with van der Waals surface area (Å²) in [6.45, 7) is 1.86. The Labute approximate surface area is 126 Å². The molecule has 2 aromatic rings. The Balaban J connectivity index is 2.27. The van der Waals surface area contributed by atoms with Crippen molar-refractivity contribution in [3.8, 4) is 11.6 Å². The average Bonchev–Trinajstić information content (AvgIpc) is 2.50. The Kier molecular flexibility index (Phi) is 5.16. The fraction of sp³-hybridized carbons (Fsp3) is 0.200. The standard InChI is InChI=1S/C15H14FNO3S/c1-3-19-15(18)13-8-10(16)9-17-14(13)20-11-4-6-12(21-2)7-5-11/h4-9H,3H2,1-2H3. The van der Waals surface area contributed by atoms with E-state index in [0.717, 1.165) is 17.2 Å². The van der Waals surface area contributed by atoms with Gasteiger partial charge in [-0.25, -0.2) is 14.2 Å². The molecule has 0 radical (unpaired) electrons. The Hall–Kier alpha value is -2.08. The predicted molar refractivity (Wildman–Crippen MR) is 78.4 cm³/mol. The largest absolute Gasteiger partial charge is 0.462 e. The number of hydrogen-bond donors (Lipinski definition) is 0. The van der Waals surface area contributed by atoms with Crippen molar-refractivity contribution in [1.82, 2.24) is 4.98 Å². The second-order valence-corrected chi connectivity index (χ2v) is 4.88. The van der Waals surface area contributed by atoms with Crippen LogP contribution in [0.5, 0.6) is 11.6 Å². The molecule has 4 nitrogen and oxygen atoms in total. The van der Waals surface area contributed by atoms with Crippen molar-refractivity contribution in [3.63, 3.8) is 0 Å². The van der Waals surface area contributed by atoms with E-state index >= 15 is 0 Å². The maximum Gasteiger partial charge on any atom is 0.343 e. The van der Waals surface area contributed by atoms with Crippen LogP contribution < -0.4 is 4.74 Å². The summed E-state index contributed by atoms with van der Waals surface area (Å²) in [4.78, 5) is 16.7.